The van der Waals surface area contributed by atoms with E-state index in [0.717, 1.165) is 6.20 Å². The topological polar surface area (TPSA) is 90.1 Å². The van der Waals surface area contributed by atoms with Gasteiger partial charge in [0.15, 0.2) is 12.4 Å². The van der Waals surface area contributed by atoms with Gasteiger partial charge in [-0.1, -0.05) is 0 Å². The number of aliphatic hydroxyl groups excluding tert-OH is 1. The van der Waals surface area contributed by atoms with Crippen molar-refractivity contribution in [3.63, 3.8) is 0 Å². The zero-order valence-electron chi connectivity index (χ0n) is 17.7. The highest BCUT2D eigenvalue weighted by molar-refractivity contribution is 5.81. The van der Waals surface area contributed by atoms with Gasteiger partial charge in [-0.25, -0.2) is 4.39 Å². The van der Waals surface area contributed by atoms with Crippen molar-refractivity contribution in [3.8, 4) is 17.1 Å². The molecule has 0 aliphatic heterocycles. The van der Waals surface area contributed by atoms with Crippen LogP contribution in [0.1, 0.15) is 30.0 Å². The number of pyridine rings is 2. The first-order valence-corrected chi connectivity index (χ1v) is 10.1. The molecule has 33 heavy (non-hydrogen) atoms. The molecular formula is C22H22F4N4O3. The second kappa shape index (κ2) is 10.5. The maximum atomic E-state index is 14.5. The Hall–Kier alpha value is -3.34. The number of carbonyl (C=O) groups excluding carboxylic acids is 1. The summed E-state index contributed by atoms with van der Waals surface area (Å²) >= 11 is 0. The molecule has 1 N–H and O–H groups in total. The molecule has 0 aliphatic carbocycles. The highest BCUT2D eigenvalue weighted by Gasteiger charge is 2.28. The van der Waals surface area contributed by atoms with Gasteiger partial charge in [0.2, 0.25) is 0 Å². The van der Waals surface area contributed by atoms with E-state index in [1.54, 1.807) is 13.1 Å². The fourth-order valence-electron chi connectivity index (χ4n) is 3.34. The Morgan fingerprint density at radius 2 is 2.00 bits per heavy atom. The third kappa shape index (κ3) is 6.82. The van der Waals surface area contributed by atoms with Crippen LogP contribution in [0.3, 0.4) is 0 Å². The van der Waals surface area contributed by atoms with Gasteiger partial charge in [-0.15, -0.1) is 0 Å². The Morgan fingerprint density at radius 1 is 1.21 bits per heavy atom. The number of rotatable bonds is 10. The largest absolute Gasteiger partial charge is 0.483 e. The summed E-state index contributed by atoms with van der Waals surface area (Å²) in [5, 5.41) is 13.3. The number of Topliss-reactive ketones (excluding diaryl/α,β-unsaturated/α-hetero) is 1. The SMILES string of the molecule is Cn1nccc1-c1ncc(CC(=O)C[C@H](CCO)c2ccc(OCC(F)(F)F)cn2)cc1F. The summed E-state index contributed by atoms with van der Waals surface area (Å²) in [6, 6.07) is 5.67. The van der Waals surface area contributed by atoms with E-state index in [4.69, 9.17) is 0 Å². The van der Waals surface area contributed by atoms with Gasteiger partial charge in [0.25, 0.3) is 0 Å². The number of nitrogens with zero attached hydrogens (tertiary/aromatic N) is 4. The van der Waals surface area contributed by atoms with Crippen molar-refractivity contribution in [2.24, 2.45) is 7.05 Å². The van der Waals surface area contributed by atoms with Gasteiger partial charge in [0.05, 0.1) is 11.9 Å². The van der Waals surface area contributed by atoms with Crippen molar-refractivity contribution in [3.05, 3.63) is 59.9 Å². The molecule has 1 atom stereocenters. The molecule has 3 rings (SSSR count). The van der Waals surface area contributed by atoms with Gasteiger partial charge in [0.1, 0.15) is 17.2 Å². The predicted molar refractivity (Wildman–Crippen MR) is 110 cm³/mol. The molecule has 0 amide bonds. The van der Waals surface area contributed by atoms with Gasteiger partial charge < -0.3 is 9.84 Å². The van der Waals surface area contributed by atoms with Crippen LogP contribution in [-0.4, -0.2) is 50.0 Å². The second-order valence-electron chi connectivity index (χ2n) is 7.47. The number of ketones is 1. The molecule has 3 aromatic heterocycles. The number of hydrogen-bond acceptors (Lipinski definition) is 6. The van der Waals surface area contributed by atoms with E-state index in [2.05, 4.69) is 19.8 Å². The van der Waals surface area contributed by atoms with E-state index < -0.39 is 24.5 Å². The zero-order valence-corrected chi connectivity index (χ0v) is 17.7. The molecule has 0 saturated heterocycles. The van der Waals surface area contributed by atoms with Crippen LogP contribution in [0.4, 0.5) is 17.6 Å². The van der Waals surface area contributed by atoms with Gasteiger partial charge in [-0.05, 0) is 36.2 Å². The summed E-state index contributed by atoms with van der Waals surface area (Å²) in [4.78, 5) is 20.8. The average Bonchev–Trinajstić information content (AvgIpc) is 3.17. The second-order valence-corrected chi connectivity index (χ2v) is 7.47. The Bertz CT molecular complexity index is 1080. The smallest absolute Gasteiger partial charge is 0.422 e. The first kappa shape index (κ1) is 24.3. The van der Waals surface area contributed by atoms with Gasteiger partial charge in [-0.2, -0.15) is 18.3 Å². The molecule has 0 spiro atoms. The lowest BCUT2D eigenvalue weighted by molar-refractivity contribution is -0.153. The summed E-state index contributed by atoms with van der Waals surface area (Å²) in [6.45, 7) is -1.64. The van der Waals surface area contributed by atoms with E-state index >= 15 is 0 Å². The fourth-order valence-corrected chi connectivity index (χ4v) is 3.34. The van der Waals surface area contributed by atoms with Crippen molar-refractivity contribution in [2.45, 2.75) is 31.4 Å². The van der Waals surface area contributed by atoms with E-state index in [1.807, 2.05) is 0 Å². The van der Waals surface area contributed by atoms with E-state index in [0.29, 0.717) is 17.0 Å². The van der Waals surface area contributed by atoms with Crippen LogP contribution >= 0.6 is 0 Å². The number of hydrogen-bond donors (Lipinski definition) is 1. The van der Waals surface area contributed by atoms with Crippen molar-refractivity contribution >= 4 is 5.78 Å². The standard InChI is InChI=1S/C22H22F4N4O3/c1-30-20(4-6-29-30)21-18(23)9-14(11-28-21)8-16(32)10-15(5-7-31)19-3-2-17(12-27-19)33-13-22(24,25)26/h2-4,6,9,11-12,15,31H,5,7-8,10,13H2,1H3/t15-/m0/s1. The maximum Gasteiger partial charge on any atom is 0.422 e. The number of aromatic nitrogens is 4. The Morgan fingerprint density at radius 3 is 2.58 bits per heavy atom. The lowest BCUT2D eigenvalue weighted by atomic mass is 9.93. The number of halogens is 4. The van der Waals surface area contributed by atoms with Crippen LogP contribution in [0, 0.1) is 5.82 Å². The lowest BCUT2D eigenvalue weighted by Crippen LogP contribution is -2.19. The van der Waals surface area contributed by atoms with Crippen molar-refractivity contribution in [1.29, 1.82) is 0 Å². The Kier molecular flexibility index (Phi) is 7.75. The first-order valence-electron chi connectivity index (χ1n) is 10.1. The van der Waals surface area contributed by atoms with Crippen molar-refractivity contribution in [1.82, 2.24) is 19.7 Å². The van der Waals surface area contributed by atoms with Gasteiger partial charge in [-0.3, -0.25) is 19.4 Å². The van der Waals surface area contributed by atoms with Crippen molar-refractivity contribution < 1.29 is 32.2 Å². The third-order valence-electron chi connectivity index (χ3n) is 4.89. The molecule has 0 saturated carbocycles. The van der Waals surface area contributed by atoms with E-state index in [1.165, 1.54) is 35.3 Å². The molecule has 11 heteroatoms. The molecule has 0 aliphatic rings. The molecule has 176 valence electrons. The van der Waals surface area contributed by atoms with E-state index in [-0.39, 0.29) is 43.1 Å². The third-order valence-corrected chi connectivity index (χ3v) is 4.89. The minimum absolute atomic E-state index is 0.0153. The molecular weight excluding hydrogens is 444 g/mol. The number of ether oxygens (including phenoxy) is 1. The van der Waals surface area contributed by atoms with Crippen LogP contribution in [0.2, 0.25) is 0 Å². The van der Waals surface area contributed by atoms with Gasteiger partial charge in [0, 0.05) is 50.5 Å². The fraction of sp³-hybridized carbons (Fsp3) is 0.364. The highest BCUT2D eigenvalue weighted by atomic mass is 19.4. The quantitative estimate of drug-likeness (QED) is 0.459. The summed E-state index contributed by atoms with van der Waals surface area (Å²) in [5.74, 6) is -1.31. The van der Waals surface area contributed by atoms with Crippen LogP contribution < -0.4 is 4.74 Å². The molecule has 0 bridgehead atoms. The molecule has 0 aromatic carbocycles. The summed E-state index contributed by atoms with van der Waals surface area (Å²) in [5.41, 5.74) is 1.46. The summed E-state index contributed by atoms with van der Waals surface area (Å²) in [7, 11) is 1.66. The lowest BCUT2D eigenvalue weighted by Gasteiger charge is -2.16. The van der Waals surface area contributed by atoms with Gasteiger partial charge >= 0.3 is 6.18 Å². The molecule has 3 heterocycles. The molecule has 0 fully saturated rings. The predicted octanol–water partition coefficient (Wildman–Crippen LogP) is 3.63. The molecule has 0 radical (unpaired) electrons. The van der Waals surface area contributed by atoms with Crippen LogP contribution in [-0.2, 0) is 18.3 Å². The number of carbonyl (C=O) groups is 1. The maximum absolute atomic E-state index is 14.5. The summed E-state index contributed by atoms with van der Waals surface area (Å²) in [6.07, 6.45) is -0.186. The minimum Gasteiger partial charge on any atom is -0.483 e. The number of aryl methyl sites for hydroxylation is 1. The normalized spacial score (nSPS) is 12.5. The number of alkyl halides is 3. The highest BCUT2D eigenvalue weighted by Crippen LogP contribution is 2.26. The molecule has 7 nitrogen and oxygen atoms in total. The minimum atomic E-state index is -4.46. The molecule has 3 aromatic rings. The number of aliphatic hydroxyl groups is 1. The zero-order chi connectivity index (χ0) is 24.0. The summed E-state index contributed by atoms with van der Waals surface area (Å²) < 4.78 is 57.4. The Labute approximate surface area is 187 Å². The van der Waals surface area contributed by atoms with Crippen LogP contribution in [0.15, 0.2) is 42.9 Å². The van der Waals surface area contributed by atoms with E-state index in [9.17, 15) is 27.5 Å². The average molecular weight is 466 g/mol. The monoisotopic (exact) mass is 466 g/mol. The Balaban J connectivity index is 1.64. The van der Waals surface area contributed by atoms with Crippen molar-refractivity contribution in [2.75, 3.05) is 13.2 Å². The molecule has 0 unspecified atom stereocenters. The van der Waals surface area contributed by atoms with Crippen LogP contribution in [0.5, 0.6) is 5.75 Å². The van der Waals surface area contributed by atoms with Crippen LogP contribution in [0.25, 0.3) is 11.4 Å². The first-order chi connectivity index (χ1) is 15.7.